The number of nitriles is 1. The Kier molecular flexibility index (Phi) is 19.0. The van der Waals surface area contributed by atoms with Gasteiger partial charge in [-0.2, -0.15) is 5.26 Å². The highest BCUT2D eigenvalue weighted by molar-refractivity contribution is 4.73. The Morgan fingerprint density at radius 2 is 1.04 bits per heavy atom. The summed E-state index contributed by atoms with van der Waals surface area (Å²) in [7, 11) is 0. The van der Waals surface area contributed by atoms with Crippen LogP contribution in [0.15, 0.2) is 0 Å². The third kappa shape index (κ3) is 19.4. The van der Waals surface area contributed by atoms with Crippen molar-refractivity contribution in [2.24, 2.45) is 5.73 Å². The highest BCUT2D eigenvalue weighted by Crippen LogP contribution is 2.14. The van der Waals surface area contributed by atoms with Gasteiger partial charge in [-0.3, -0.25) is 0 Å². The lowest BCUT2D eigenvalue weighted by Gasteiger charge is -2.08. The fraction of sp³-hybridized carbons (Fsp3) is 0.952. The van der Waals surface area contributed by atoms with Crippen molar-refractivity contribution in [3.05, 3.63) is 0 Å². The normalized spacial score (nSPS) is 12.2. The molecule has 0 aromatic carbocycles. The largest absolute Gasteiger partial charge is 0.328 e. The monoisotopic (exact) mass is 322 g/mol. The standard InChI is InChI=1S/C21H42N2/c1-2-3-4-5-6-7-8-9-10-11-12-13-14-15-16-18-21(23)19-17-20-22/h21H,2-19,23H2,1H3. The number of nitrogens with zero attached hydrogens (tertiary/aromatic N) is 1. The van der Waals surface area contributed by atoms with Crippen LogP contribution >= 0.6 is 0 Å². The average Bonchev–Trinajstić information content (AvgIpc) is 2.56. The fourth-order valence-electron chi connectivity index (χ4n) is 3.17. The fourth-order valence-corrected chi connectivity index (χ4v) is 3.17. The smallest absolute Gasteiger partial charge is 0.0622 e. The molecule has 0 spiro atoms. The number of hydrogen-bond acceptors (Lipinski definition) is 2. The zero-order valence-electron chi connectivity index (χ0n) is 15.8. The lowest BCUT2D eigenvalue weighted by molar-refractivity contribution is 0.504. The minimum absolute atomic E-state index is 0.247. The van der Waals surface area contributed by atoms with Gasteiger partial charge in [-0.15, -0.1) is 0 Å². The molecular weight excluding hydrogens is 280 g/mol. The van der Waals surface area contributed by atoms with E-state index in [2.05, 4.69) is 13.0 Å². The maximum atomic E-state index is 8.51. The summed E-state index contributed by atoms with van der Waals surface area (Å²) in [5, 5.41) is 8.51. The van der Waals surface area contributed by atoms with Crippen LogP contribution in [0, 0.1) is 11.3 Å². The van der Waals surface area contributed by atoms with E-state index in [0.29, 0.717) is 6.42 Å². The van der Waals surface area contributed by atoms with E-state index in [1.54, 1.807) is 0 Å². The maximum Gasteiger partial charge on any atom is 0.0622 e. The molecule has 0 fully saturated rings. The molecule has 23 heavy (non-hydrogen) atoms. The molecule has 0 rings (SSSR count). The van der Waals surface area contributed by atoms with Gasteiger partial charge in [-0.05, 0) is 12.8 Å². The zero-order valence-corrected chi connectivity index (χ0v) is 15.8. The second-order valence-corrected chi connectivity index (χ2v) is 7.20. The van der Waals surface area contributed by atoms with Crippen molar-refractivity contribution in [1.82, 2.24) is 0 Å². The molecule has 0 aliphatic rings. The minimum atomic E-state index is 0.247. The highest BCUT2D eigenvalue weighted by atomic mass is 14.6. The summed E-state index contributed by atoms with van der Waals surface area (Å²) in [5.74, 6) is 0. The predicted octanol–water partition coefficient (Wildman–Crippen LogP) is 6.88. The number of unbranched alkanes of at least 4 members (excludes halogenated alkanes) is 14. The molecule has 136 valence electrons. The molecule has 0 bridgehead atoms. The van der Waals surface area contributed by atoms with E-state index in [0.717, 1.165) is 12.8 Å². The number of nitrogens with two attached hydrogens (primary N) is 1. The molecule has 2 N–H and O–H groups in total. The minimum Gasteiger partial charge on any atom is -0.328 e. The van der Waals surface area contributed by atoms with Gasteiger partial charge in [0.1, 0.15) is 0 Å². The van der Waals surface area contributed by atoms with Crippen LogP contribution in [0.2, 0.25) is 0 Å². The average molecular weight is 323 g/mol. The van der Waals surface area contributed by atoms with E-state index in [1.165, 1.54) is 96.3 Å². The molecule has 1 unspecified atom stereocenters. The van der Waals surface area contributed by atoms with Crippen LogP contribution in [0.4, 0.5) is 0 Å². The van der Waals surface area contributed by atoms with E-state index in [9.17, 15) is 0 Å². The Morgan fingerprint density at radius 1 is 0.652 bits per heavy atom. The molecule has 0 aliphatic heterocycles. The van der Waals surface area contributed by atoms with Crippen LogP contribution in [-0.2, 0) is 0 Å². The van der Waals surface area contributed by atoms with Crippen molar-refractivity contribution in [2.75, 3.05) is 0 Å². The molecule has 2 nitrogen and oxygen atoms in total. The van der Waals surface area contributed by atoms with Crippen molar-refractivity contribution in [3.63, 3.8) is 0 Å². The highest BCUT2D eigenvalue weighted by Gasteiger charge is 2.01. The van der Waals surface area contributed by atoms with Gasteiger partial charge in [0.05, 0.1) is 6.07 Å². The quantitative estimate of drug-likeness (QED) is 0.280. The summed E-state index contributed by atoms with van der Waals surface area (Å²) in [6.45, 7) is 2.28. The molecule has 0 aromatic heterocycles. The van der Waals surface area contributed by atoms with Gasteiger partial charge in [-0.1, -0.05) is 103 Å². The van der Waals surface area contributed by atoms with Crippen molar-refractivity contribution < 1.29 is 0 Å². The van der Waals surface area contributed by atoms with Crippen LogP contribution in [-0.4, -0.2) is 6.04 Å². The van der Waals surface area contributed by atoms with Crippen molar-refractivity contribution in [2.45, 2.75) is 129 Å². The van der Waals surface area contributed by atoms with Gasteiger partial charge in [0.25, 0.3) is 0 Å². The third-order valence-electron chi connectivity index (χ3n) is 4.81. The van der Waals surface area contributed by atoms with E-state index < -0.39 is 0 Å². The summed E-state index contributed by atoms with van der Waals surface area (Å²) in [4.78, 5) is 0. The maximum absolute atomic E-state index is 8.51. The molecule has 0 aliphatic carbocycles. The van der Waals surface area contributed by atoms with Gasteiger partial charge >= 0.3 is 0 Å². The first-order valence-corrected chi connectivity index (χ1v) is 10.4. The van der Waals surface area contributed by atoms with Crippen LogP contribution < -0.4 is 5.73 Å². The molecule has 0 amide bonds. The van der Waals surface area contributed by atoms with Gasteiger partial charge in [0.15, 0.2) is 0 Å². The van der Waals surface area contributed by atoms with Gasteiger partial charge in [0, 0.05) is 12.5 Å². The summed E-state index contributed by atoms with van der Waals surface area (Å²) in [6, 6.07) is 2.42. The van der Waals surface area contributed by atoms with Crippen LogP contribution in [0.3, 0.4) is 0 Å². The molecule has 1 atom stereocenters. The topological polar surface area (TPSA) is 49.8 Å². The summed E-state index contributed by atoms with van der Waals surface area (Å²) in [6.07, 6.45) is 23.7. The molecule has 2 heteroatoms. The lowest BCUT2D eigenvalue weighted by Crippen LogP contribution is -2.19. The Labute approximate surface area is 146 Å². The second-order valence-electron chi connectivity index (χ2n) is 7.20. The summed E-state index contributed by atoms with van der Waals surface area (Å²) in [5.41, 5.74) is 5.96. The molecule has 0 saturated heterocycles. The van der Waals surface area contributed by atoms with Crippen LogP contribution in [0.1, 0.15) is 122 Å². The Hall–Kier alpha value is -0.550. The van der Waals surface area contributed by atoms with E-state index in [1.807, 2.05) is 0 Å². The molecule has 0 saturated carbocycles. The zero-order chi connectivity index (χ0) is 17.0. The molecular formula is C21H42N2. The Bertz CT molecular complexity index is 257. The van der Waals surface area contributed by atoms with Crippen molar-refractivity contribution >= 4 is 0 Å². The van der Waals surface area contributed by atoms with Gasteiger partial charge in [-0.25, -0.2) is 0 Å². The van der Waals surface area contributed by atoms with Gasteiger partial charge in [0.2, 0.25) is 0 Å². The van der Waals surface area contributed by atoms with Crippen molar-refractivity contribution in [1.29, 1.82) is 5.26 Å². The summed E-state index contributed by atoms with van der Waals surface area (Å²) >= 11 is 0. The second kappa shape index (κ2) is 19.5. The third-order valence-corrected chi connectivity index (χ3v) is 4.81. The Balaban J connectivity index is 3.04. The SMILES string of the molecule is CCCCCCCCCCCCCCCCCC(N)CCC#N. The van der Waals surface area contributed by atoms with E-state index in [-0.39, 0.29) is 6.04 Å². The lowest BCUT2D eigenvalue weighted by atomic mass is 10.0. The van der Waals surface area contributed by atoms with E-state index >= 15 is 0 Å². The Morgan fingerprint density at radius 3 is 1.43 bits per heavy atom. The van der Waals surface area contributed by atoms with Crippen molar-refractivity contribution in [3.8, 4) is 6.07 Å². The van der Waals surface area contributed by atoms with E-state index in [4.69, 9.17) is 11.0 Å². The van der Waals surface area contributed by atoms with Crippen LogP contribution in [0.5, 0.6) is 0 Å². The molecule has 0 radical (unpaired) electrons. The first-order valence-electron chi connectivity index (χ1n) is 10.4. The molecule has 0 heterocycles. The molecule has 0 aromatic rings. The number of rotatable bonds is 18. The number of hydrogen-bond donors (Lipinski definition) is 1. The predicted molar refractivity (Wildman–Crippen MR) is 102 cm³/mol. The van der Waals surface area contributed by atoms with Crippen LogP contribution in [0.25, 0.3) is 0 Å². The van der Waals surface area contributed by atoms with Gasteiger partial charge < -0.3 is 5.73 Å². The first-order chi connectivity index (χ1) is 11.3. The summed E-state index contributed by atoms with van der Waals surface area (Å²) < 4.78 is 0. The first kappa shape index (κ1) is 22.4.